The lowest BCUT2D eigenvalue weighted by Crippen LogP contribution is -2.26. The van der Waals surface area contributed by atoms with Crippen LogP contribution < -0.4 is 10.0 Å². The third kappa shape index (κ3) is 2.96. The number of anilines is 1. The molecule has 1 aromatic heterocycles. The fourth-order valence-corrected chi connectivity index (χ4v) is 3.66. The lowest BCUT2D eigenvalue weighted by atomic mass is 10.1. The first kappa shape index (κ1) is 15.6. The highest BCUT2D eigenvalue weighted by Gasteiger charge is 2.26. The Kier molecular flexibility index (Phi) is 4.11. The molecule has 0 unspecified atom stereocenters. The molecule has 5 nitrogen and oxygen atoms in total. The Morgan fingerprint density at radius 3 is 2.14 bits per heavy atom. The molecule has 0 radical (unpaired) electrons. The molecule has 6 heteroatoms. The largest absolute Gasteiger partial charge is 0.464 e. The Morgan fingerprint density at radius 1 is 1.10 bits per heavy atom. The van der Waals surface area contributed by atoms with Gasteiger partial charge < -0.3 is 10.2 Å². The average molecular weight is 308 g/mol. The van der Waals surface area contributed by atoms with Crippen LogP contribution in [0.1, 0.15) is 22.6 Å². The third-order valence-corrected chi connectivity index (χ3v) is 5.23. The van der Waals surface area contributed by atoms with Crippen molar-refractivity contribution >= 4 is 15.7 Å². The minimum atomic E-state index is -3.66. The molecule has 2 N–H and O–H groups in total. The number of aryl methyl sites for hydroxylation is 3. The molecule has 0 aliphatic heterocycles. The number of nitrogens with two attached hydrogens (primary N) is 1. The van der Waals surface area contributed by atoms with Crippen molar-refractivity contribution in [2.75, 3.05) is 11.4 Å². The molecule has 0 bridgehead atoms. The van der Waals surface area contributed by atoms with E-state index in [1.165, 1.54) is 17.4 Å². The van der Waals surface area contributed by atoms with Gasteiger partial charge in [0.2, 0.25) is 0 Å². The highest BCUT2D eigenvalue weighted by atomic mass is 32.2. The van der Waals surface area contributed by atoms with Gasteiger partial charge in [-0.2, -0.15) is 0 Å². The first-order valence-corrected chi connectivity index (χ1v) is 8.06. The van der Waals surface area contributed by atoms with Crippen LogP contribution in [0.25, 0.3) is 0 Å². The van der Waals surface area contributed by atoms with Crippen LogP contribution >= 0.6 is 0 Å². The summed E-state index contributed by atoms with van der Waals surface area (Å²) in [7, 11) is -2.12. The summed E-state index contributed by atoms with van der Waals surface area (Å²) in [5, 5.41) is 0. The van der Waals surface area contributed by atoms with E-state index in [4.69, 9.17) is 10.2 Å². The van der Waals surface area contributed by atoms with E-state index in [2.05, 4.69) is 0 Å². The number of hydrogen-bond donors (Lipinski definition) is 1. The van der Waals surface area contributed by atoms with E-state index >= 15 is 0 Å². The fourth-order valence-electron chi connectivity index (χ4n) is 2.30. The standard InChI is InChI=1S/C15H20N2O3S/c1-10-5-11(2)7-13(6-10)17(4)21(18,19)15-8-14(9-16)20-12(15)3/h5-8H,9,16H2,1-4H3. The maximum atomic E-state index is 12.7. The molecule has 2 aromatic rings. The van der Waals surface area contributed by atoms with Gasteiger partial charge in [0.05, 0.1) is 12.2 Å². The van der Waals surface area contributed by atoms with Crippen molar-refractivity contribution in [3.05, 3.63) is 46.9 Å². The predicted molar refractivity (Wildman–Crippen MR) is 82.8 cm³/mol. The average Bonchev–Trinajstić information content (AvgIpc) is 2.78. The Morgan fingerprint density at radius 2 is 1.67 bits per heavy atom. The quantitative estimate of drug-likeness (QED) is 0.941. The topological polar surface area (TPSA) is 76.5 Å². The molecule has 2 rings (SSSR count). The number of benzene rings is 1. The summed E-state index contributed by atoms with van der Waals surface area (Å²) in [5.74, 6) is 0.812. The van der Waals surface area contributed by atoms with Crippen LogP contribution in [0, 0.1) is 20.8 Å². The van der Waals surface area contributed by atoms with Gasteiger partial charge in [-0.1, -0.05) is 6.07 Å². The summed E-state index contributed by atoms with van der Waals surface area (Å²) in [6, 6.07) is 7.16. The van der Waals surface area contributed by atoms with Gasteiger partial charge in [-0.3, -0.25) is 4.31 Å². The SMILES string of the molecule is Cc1cc(C)cc(N(C)S(=O)(=O)c2cc(CN)oc2C)c1. The number of rotatable bonds is 4. The summed E-state index contributed by atoms with van der Waals surface area (Å²) < 4.78 is 32.1. The smallest absolute Gasteiger partial charge is 0.267 e. The lowest BCUT2D eigenvalue weighted by molar-refractivity contribution is 0.479. The van der Waals surface area contributed by atoms with E-state index in [1.807, 2.05) is 32.0 Å². The molecule has 21 heavy (non-hydrogen) atoms. The summed E-state index contributed by atoms with van der Waals surface area (Å²) in [6.07, 6.45) is 0. The van der Waals surface area contributed by atoms with Gasteiger partial charge in [-0.05, 0) is 44.0 Å². The van der Waals surface area contributed by atoms with Gasteiger partial charge in [0, 0.05) is 13.1 Å². The minimum Gasteiger partial charge on any atom is -0.464 e. The molecular formula is C15H20N2O3S. The Hall–Kier alpha value is -1.79. The maximum Gasteiger partial charge on any atom is 0.267 e. The van der Waals surface area contributed by atoms with E-state index in [0.29, 0.717) is 17.2 Å². The molecule has 114 valence electrons. The first-order chi connectivity index (χ1) is 9.75. The zero-order chi connectivity index (χ0) is 15.8. The van der Waals surface area contributed by atoms with Crippen molar-refractivity contribution in [1.29, 1.82) is 0 Å². The van der Waals surface area contributed by atoms with Crippen LogP contribution in [0.5, 0.6) is 0 Å². The fraction of sp³-hybridized carbons (Fsp3) is 0.333. The molecule has 1 heterocycles. The number of nitrogens with zero attached hydrogens (tertiary/aromatic N) is 1. The van der Waals surface area contributed by atoms with E-state index in [0.717, 1.165) is 11.1 Å². The number of sulfonamides is 1. The molecule has 0 aliphatic carbocycles. The van der Waals surface area contributed by atoms with Crippen LogP contribution in [0.4, 0.5) is 5.69 Å². The molecule has 0 atom stereocenters. The normalized spacial score (nSPS) is 11.7. The Labute approximate surface area is 125 Å². The second kappa shape index (κ2) is 5.54. The molecule has 0 saturated carbocycles. The van der Waals surface area contributed by atoms with Crippen molar-refractivity contribution in [3.8, 4) is 0 Å². The van der Waals surface area contributed by atoms with Gasteiger partial charge in [-0.15, -0.1) is 0 Å². The lowest BCUT2D eigenvalue weighted by Gasteiger charge is -2.20. The van der Waals surface area contributed by atoms with Crippen LogP contribution in [0.3, 0.4) is 0 Å². The van der Waals surface area contributed by atoms with Gasteiger partial charge in [-0.25, -0.2) is 8.42 Å². The number of hydrogen-bond acceptors (Lipinski definition) is 4. The second-order valence-electron chi connectivity index (χ2n) is 5.16. The molecule has 0 spiro atoms. The summed E-state index contributed by atoms with van der Waals surface area (Å²) in [6.45, 7) is 5.67. The monoisotopic (exact) mass is 308 g/mol. The molecule has 0 aliphatic rings. The van der Waals surface area contributed by atoms with Crippen molar-refractivity contribution in [2.45, 2.75) is 32.2 Å². The van der Waals surface area contributed by atoms with E-state index in [9.17, 15) is 8.42 Å². The molecule has 0 amide bonds. The van der Waals surface area contributed by atoms with Crippen molar-refractivity contribution < 1.29 is 12.8 Å². The third-order valence-electron chi connectivity index (χ3n) is 3.33. The van der Waals surface area contributed by atoms with E-state index < -0.39 is 10.0 Å². The van der Waals surface area contributed by atoms with Crippen molar-refractivity contribution in [1.82, 2.24) is 0 Å². The zero-order valence-electron chi connectivity index (χ0n) is 12.7. The number of furan rings is 1. The van der Waals surface area contributed by atoms with Crippen LogP contribution in [-0.4, -0.2) is 15.5 Å². The molecule has 0 saturated heterocycles. The highest BCUT2D eigenvalue weighted by molar-refractivity contribution is 7.92. The predicted octanol–water partition coefficient (Wildman–Crippen LogP) is 2.49. The van der Waals surface area contributed by atoms with Gasteiger partial charge >= 0.3 is 0 Å². The van der Waals surface area contributed by atoms with Crippen LogP contribution in [0.2, 0.25) is 0 Å². The van der Waals surface area contributed by atoms with Crippen LogP contribution in [-0.2, 0) is 16.6 Å². The Bertz CT molecular complexity index is 743. The zero-order valence-corrected chi connectivity index (χ0v) is 13.5. The van der Waals surface area contributed by atoms with Crippen molar-refractivity contribution in [2.24, 2.45) is 5.73 Å². The van der Waals surface area contributed by atoms with E-state index in [-0.39, 0.29) is 11.4 Å². The summed E-state index contributed by atoms with van der Waals surface area (Å²) in [5.41, 5.74) is 8.15. The van der Waals surface area contributed by atoms with Crippen LogP contribution in [0.15, 0.2) is 33.6 Å². The maximum absolute atomic E-state index is 12.7. The molecule has 1 aromatic carbocycles. The van der Waals surface area contributed by atoms with Crippen molar-refractivity contribution in [3.63, 3.8) is 0 Å². The molecular weight excluding hydrogens is 288 g/mol. The van der Waals surface area contributed by atoms with Gasteiger partial charge in [0.25, 0.3) is 10.0 Å². The van der Waals surface area contributed by atoms with E-state index in [1.54, 1.807) is 6.92 Å². The summed E-state index contributed by atoms with van der Waals surface area (Å²) in [4.78, 5) is 0.157. The second-order valence-corrected chi connectivity index (χ2v) is 7.09. The first-order valence-electron chi connectivity index (χ1n) is 6.62. The highest BCUT2D eigenvalue weighted by Crippen LogP contribution is 2.27. The minimum absolute atomic E-state index is 0.157. The molecule has 0 fully saturated rings. The van der Waals surface area contributed by atoms with Gasteiger partial charge in [0.15, 0.2) is 0 Å². The Balaban J connectivity index is 2.49. The van der Waals surface area contributed by atoms with Gasteiger partial charge in [0.1, 0.15) is 16.4 Å². The summed E-state index contributed by atoms with van der Waals surface area (Å²) >= 11 is 0.